The van der Waals surface area contributed by atoms with Gasteiger partial charge in [-0.15, -0.1) is 0 Å². The molecule has 0 aromatic heterocycles. The van der Waals surface area contributed by atoms with Crippen LogP contribution in [0.15, 0.2) is 23.4 Å². The summed E-state index contributed by atoms with van der Waals surface area (Å²) in [6, 6.07) is 4.77. The Bertz CT molecular complexity index is 528. The molecule has 0 fully saturated rings. The van der Waals surface area contributed by atoms with Gasteiger partial charge in [-0.3, -0.25) is 4.79 Å². The second-order valence-electron chi connectivity index (χ2n) is 4.36. The zero-order chi connectivity index (χ0) is 15.3. The van der Waals surface area contributed by atoms with Crippen LogP contribution in [0.3, 0.4) is 0 Å². The lowest BCUT2D eigenvalue weighted by Gasteiger charge is -2.28. The number of benzene rings is 1. The highest BCUT2D eigenvalue weighted by atomic mass is 35.5. The average molecular weight is 318 g/mol. The molecule has 0 saturated heterocycles. The monoisotopic (exact) mass is 317 g/mol. The number of nitrogens with zero attached hydrogens (tertiary/aromatic N) is 1. The van der Waals surface area contributed by atoms with E-state index >= 15 is 0 Å². The molecule has 0 aliphatic rings. The number of rotatable bonds is 5. The van der Waals surface area contributed by atoms with Crippen molar-refractivity contribution in [3.63, 3.8) is 0 Å². The first kappa shape index (κ1) is 16.6. The number of hydrogen-bond acceptors (Lipinski definition) is 3. The SMILES string of the molecule is CCC(CC)(C(=O)Nc1ccc(Cl)c(Cl)c1)C(N)=NO. The van der Waals surface area contributed by atoms with Gasteiger partial charge in [-0.1, -0.05) is 42.2 Å². The number of oxime groups is 1. The molecule has 0 heterocycles. The molecule has 0 aliphatic heterocycles. The number of anilines is 1. The third-order valence-corrected chi connectivity index (χ3v) is 4.16. The van der Waals surface area contributed by atoms with Crippen molar-refractivity contribution in [1.29, 1.82) is 0 Å². The number of halogens is 2. The number of carbonyl (C=O) groups is 1. The van der Waals surface area contributed by atoms with Crippen LogP contribution >= 0.6 is 23.2 Å². The van der Waals surface area contributed by atoms with E-state index in [0.29, 0.717) is 28.6 Å². The van der Waals surface area contributed by atoms with Gasteiger partial charge >= 0.3 is 0 Å². The minimum Gasteiger partial charge on any atom is -0.409 e. The Morgan fingerprint density at radius 2 is 1.95 bits per heavy atom. The largest absolute Gasteiger partial charge is 0.409 e. The molecule has 0 radical (unpaired) electrons. The maximum atomic E-state index is 12.4. The second kappa shape index (κ2) is 6.81. The van der Waals surface area contributed by atoms with Crippen LogP contribution in [0.4, 0.5) is 5.69 Å². The van der Waals surface area contributed by atoms with E-state index in [1.54, 1.807) is 32.0 Å². The van der Waals surface area contributed by atoms with Crippen LogP contribution in [0.5, 0.6) is 0 Å². The normalized spacial score (nSPS) is 12.3. The van der Waals surface area contributed by atoms with Crippen molar-refractivity contribution in [2.75, 3.05) is 5.32 Å². The molecule has 0 atom stereocenters. The first-order chi connectivity index (χ1) is 9.41. The Morgan fingerprint density at radius 3 is 2.40 bits per heavy atom. The lowest BCUT2D eigenvalue weighted by molar-refractivity contribution is -0.122. The topological polar surface area (TPSA) is 87.7 Å². The van der Waals surface area contributed by atoms with Gasteiger partial charge in [0, 0.05) is 5.69 Å². The predicted molar refractivity (Wildman–Crippen MR) is 81.5 cm³/mol. The second-order valence-corrected chi connectivity index (χ2v) is 5.17. The van der Waals surface area contributed by atoms with E-state index in [-0.39, 0.29) is 11.7 Å². The molecular weight excluding hydrogens is 301 g/mol. The van der Waals surface area contributed by atoms with E-state index < -0.39 is 5.41 Å². The van der Waals surface area contributed by atoms with Crippen molar-refractivity contribution in [2.45, 2.75) is 26.7 Å². The Labute approximate surface area is 127 Å². The quantitative estimate of drug-likeness (QED) is 0.336. The maximum Gasteiger partial charge on any atom is 0.238 e. The van der Waals surface area contributed by atoms with Gasteiger partial charge in [-0.2, -0.15) is 0 Å². The third kappa shape index (κ3) is 3.16. The Hall–Kier alpha value is -1.46. The Balaban J connectivity index is 3.06. The molecule has 7 heteroatoms. The van der Waals surface area contributed by atoms with E-state index in [9.17, 15) is 4.79 Å². The molecule has 0 spiro atoms. The van der Waals surface area contributed by atoms with Gasteiger partial charge in [0.25, 0.3) is 0 Å². The first-order valence-corrected chi connectivity index (χ1v) is 6.91. The fourth-order valence-electron chi connectivity index (χ4n) is 1.97. The van der Waals surface area contributed by atoms with E-state index in [1.165, 1.54) is 0 Å². The van der Waals surface area contributed by atoms with Crippen molar-refractivity contribution in [2.24, 2.45) is 16.3 Å². The molecule has 1 aromatic rings. The number of hydrogen-bond donors (Lipinski definition) is 3. The van der Waals surface area contributed by atoms with Gasteiger partial charge in [0.2, 0.25) is 5.91 Å². The van der Waals surface area contributed by atoms with Crippen molar-refractivity contribution in [3.8, 4) is 0 Å². The van der Waals surface area contributed by atoms with Gasteiger partial charge in [-0.25, -0.2) is 0 Å². The molecular formula is C13H17Cl2N3O2. The van der Waals surface area contributed by atoms with Crippen molar-refractivity contribution < 1.29 is 10.0 Å². The standard InChI is InChI=1S/C13H17Cl2N3O2/c1-3-13(4-2,11(16)18-20)12(19)17-8-5-6-9(14)10(15)7-8/h5-7,20H,3-4H2,1-2H3,(H2,16,18)(H,17,19). The summed E-state index contributed by atoms with van der Waals surface area (Å²) >= 11 is 11.7. The molecule has 110 valence electrons. The smallest absolute Gasteiger partial charge is 0.238 e. The highest BCUT2D eigenvalue weighted by molar-refractivity contribution is 6.42. The van der Waals surface area contributed by atoms with Crippen LogP contribution in [-0.4, -0.2) is 17.0 Å². The highest BCUT2D eigenvalue weighted by Gasteiger charge is 2.39. The molecule has 1 rings (SSSR count). The molecule has 0 aliphatic carbocycles. The van der Waals surface area contributed by atoms with Crippen LogP contribution in [-0.2, 0) is 4.79 Å². The number of amidine groups is 1. The van der Waals surface area contributed by atoms with Crippen molar-refractivity contribution in [3.05, 3.63) is 28.2 Å². The number of nitrogens with two attached hydrogens (primary N) is 1. The zero-order valence-electron chi connectivity index (χ0n) is 11.3. The van der Waals surface area contributed by atoms with Crippen molar-refractivity contribution >= 4 is 40.6 Å². The predicted octanol–water partition coefficient (Wildman–Crippen LogP) is 3.48. The van der Waals surface area contributed by atoms with E-state index in [2.05, 4.69) is 10.5 Å². The van der Waals surface area contributed by atoms with Gasteiger partial charge in [0.05, 0.1) is 10.0 Å². The van der Waals surface area contributed by atoms with Gasteiger partial charge < -0.3 is 16.3 Å². The van der Waals surface area contributed by atoms with E-state index in [1.807, 2.05) is 0 Å². The average Bonchev–Trinajstić information content (AvgIpc) is 2.44. The molecule has 1 aromatic carbocycles. The fraction of sp³-hybridized carbons (Fsp3) is 0.385. The third-order valence-electron chi connectivity index (χ3n) is 3.42. The molecule has 0 saturated carbocycles. The number of amides is 1. The summed E-state index contributed by atoms with van der Waals surface area (Å²) in [5.74, 6) is -0.462. The Kier molecular flexibility index (Phi) is 5.65. The summed E-state index contributed by atoms with van der Waals surface area (Å²) in [5, 5.41) is 15.3. The minimum absolute atomic E-state index is 0.111. The van der Waals surface area contributed by atoms with E-state index in [0.717, 1.165) is 0 Å². The fourth-order valence-corrected chi connectivity index (χ4v) is 2.27. The zero-order valence-corrected chi connectivity index (χ0v) is 12.8. The molecule has 0 unspecified atom stereocenters. The summed E-state index contributed by atoms with van der Waals surface area (Å²) in [5.41, 5.74) is 5.12. The van der Waals surface area contributed by atoms with Gasteiger partial charge in [0.15, 0.2) is 5.84 Å². The van der Waals surface area contributed by atoms with Crippen LogP contribution in [0, 0.1) is 5.41 Å². The molecule has 20 heavy (non-hydrogen) atoms. The van der Waals surface area contributed by atoms with Crippen LogP contribution in [0.1, 0.15) is 26.7 Å². The van der Waals surface area contributed by atoms with E-state index in [4.69, 9.17) is 34.1 Å². The summed E-state index contributed by atoms with van der Waals surface area (Å²) in [4.78, 5) is 12.4. The van der Waals surface area contributed by atoms with Gasteiger partial charge in [0.1, 0.15) is 5.41 Å². The molecule has 0 bridgehead atoms. The Morgan fingerprint density at radius 1 is 1.35 bits per heavy atom. The van der Waals surface area contributed by atoms with Crippen LogP contribution in [0.2, 0.25) is 10.0 Å². The summed E-state index contributed by atoms with van der Waals surface area (Å²) in [6.45, 7) is 3.60. The van der Waals surface area contributed by atoms with Crippen LogP contribution in [0.25, 0.3) is 0 Å². The highest BCUT2D eigenvalue weighted by Crippen LogP contribution is 2.30. The van der Waals surface area contributed by atoms with Gasteiger partial charge in [-0.05, 0) is 31.0 Å². The summed E-state index contributed by atoms with van der Waals surface area (Å²) in [7, 11) is 0. The summed E-state index contributed by atoms with van der Waals surface area (Å²) < 4.78 is 0. The van der Waals surface area contributed by atoms with Crippen molar-refractivity contribution in [1.82, 2.24) is 0 Å². The number of carbonyl (C=O) groups excluding carboxylic acids is 1. The minimum atomic E-state index is -1.05. The summed E-state index contributed by atoms with van der Waals surface area (Å²) in [6.07, 6.45) is 0.819. The maximum absolute atomic E-state index is 12.4. The molecule has 1 amide bonds. The first-order valence-electron chi connectivity index (χ1n) is 6.15. The molecule has 5 nitrogen and oxygen atoms in total. The van der Waals surface area contributed by atoms with Crippen LogP contribution < -0.4 is 11.1 Å². The molecule has 4 N–H and O–H groups in total. The lowest BCUT2D eigenvalue weighted by Crippen LogP contribution is -2.46. The number of nitrogens with one attached hydrogen (secondary N) is 1. The lowest BCUT2D eigenvalue weighted by atomic mass is 9.80.